The molecular formula is C17H24N4O2S. The zero-order valence-corrected chi connectivity index (χ0v) is 15.4. The molecule has 130 valence electrons. The standard InChI is InChI=1S/C17H24N4O2S/c1-17(2,3)13-5-7-14(8-6-13)19-15(22)11-24-16-20-18-12-21(16)9-10-23-4/h5-8,12H,9-11H2,1-4H3,(H,19,22). The molecule has 0 unspecified atom stereocenters. The molecule has 2 aromatic rings. The van der Waals surface area contributed by atoms with E-state index in [-0.39, 0.29) is 17.1 Å². The minimum atomic E-state index is -0.0650. The van der Waals surface area contributed by atoms with Gasteiger partial charge in [0.15, 0.2) is 5.16 Å². The summed E-state index contributed by atoms with van der Waals surface area (Å²) in [7, 11) is 1.65. The number of aromatic nitrogens is 3. The van der Waals surface area contributed by atoms with Crippen molar-refractivity contribution in [2.45, 2.75) is 37.9 Å². The fraction of sp³-hybridized carbons (Fsp3) is 0.471. The van der Waals surface area contributed by atoms with Crippen LogP contribution in [0.15, 0.2) is 35.7 Å². The van der Waals surface area contributed by atoms with Crippen LogP contribution in [0.2, 0.25) is 0 Å². The number of rotatable bonds is 7. The second kappa shape index (κ2) is 8.30. The number of thioether (sulfide) groups is 1. The summed E-state index contributed by atoms with van der Waals surface area (Å²) in [6.45, 7) is 7.74. The van der Waals surface area contributed by atoms with Gasteiger partial charge < -0.3 is 14.6 Å². The van der Waals surface area contributed by atoms with Crippen molar-refractivity contribution < 1.29 is 9.53 Å². The maximum Gasteiger partial charge on any atom is 0.234 e. The molecule has 0 aliphatic carbocycles. The number of nitrogens with zero attached hydrogens (tertiary/aromatic N) is 3. The van der Waals surface area contributed by atoms with E-state index in [4.69, 9.17) is 4.74 Å². The van der Waals surface area contributed by atoms with Crippen LogP contribution in [-0.4, -0.2) is 40.1 Å². The van der Waals surface area contributed by atoms with Gasteiger partial charge in [0.2, 0.25) is 5.91 Å². The number of carbonyl (C=O) groups excluding carboxylic acids is 1. The molecule has 0 aliphatic heterocycles. The summed E-state index contributed by atoms with van der Waals surface area (Å²) < 4.78 is 6.92. The van der Waals surface area contributed by atoms with E-state index in [0.29, 0.717) is 18.3 Å². The lowest BCUT2D eigenvalue weighted by atomic mass is 9.87. The van der Waals surface area contributed by atoms with E-state index in [1.807, 2.05) is 28.8 Å². The summed E-state index contributed by atoms with van der Waals surface area (Å²) in [4.78, 5) is 12.1. The molecule has 1 aromatic heterocycles. The van der Waals surface area contributed by atoms with Crippen molar-refractivity contribution in [2.24, 2.45) is 0 Å². The number of carbonyl (C=O) groups is 1. The molecule has 6 nitrogen and oxygen atoms in total. The molecule has 1 amide bonds. The Morgan fingerprint density at radius 1 is 1.29 bits per heavy atom. The quantitative estimate of drug-likeness (QED) is 0.779. The van der Waals surface area contributed by atoms with Gasteiger partial charge in [0.25, 0.3) is 0 Å². The summed E-state index contributed by atoms with van der Waals surface area (Å²) in [5, 5.41) is 11.5. The second-order valence-corrected chi connectivity index (χ2v) is 7.41. The first-order valence-electron chi connectivity index (χ1n) is 7.80. The molecule has 0 fully saturated rings. The van der Waals surface area contributed by atoms with Crippen LogP contribution in [0.25, 0.3) is 0 Å². The van der Waals surface area contributed by atoms with Gasteiger partial charge in [-0.15, -0.1) is 10.2 Å². The van der Waals surface area contributed by atoms with E-state index in [2.05, 4.69) is 36.3 Å². The molecule has 0 radical (unpaired) electrons. The van der Waals surface area contributed by atoms with Gasteiger partial charge in [0, 0.05) is 19.3 Å². The van der Waals surface area contributed by atoms with Gasteiger partial charge in [0.1, 0.15) is 6.33 Å². The van der Waals surface area contributed by atoms with Crippen LogP contribution in [0.1, 0.15) is 26.3 Å². The zero-order valence-electron chi connectivity index (χ0n) is 14.6. The predicted molar refractivity (Wildman–Crippen MR) is 96.4 cm³/mol. The zero-order chi connectivity index (χ0) is 17.6. The SMILES string of the molecule is COCCn1cnnc1SCC(=O)Nc1ccc(C(C)(C)C)cc1. The highest BCUT2D eigenvalue weighted by atomic mass is 32.2. The van der Waals surface area contributed by atoms with Crippen molar-refractivity contribution in [3.8, 4) is 0 Å². The lowest BCUT2D eigenvalue weighted by Crippen LogP contribution is -2.15. The summed E-state index contributed by atoms with van der Waals surface area (Å²) in [5.41, 5.74) is 2.14. The van der Waals surface area contributed by atoms with Crippen LogP contribution >= 0.6 is 11.8 Å². The minimum Gasteiger partial charge on any atom is -0.383 e. The van der Waals surface area contributed by atoms with Gasteiger partial charge in [-0.2, -0.15) is 0 Å². The number of amides is 1. The monoisotopic (exact) mass is 348 g/mol. The molecule has 1 N–H and O–H groups in total. The Bertz CT molecular complexity index is 662. The Hall–Kier alpha value is -1.86. The lowest BCUT2D eigenvalue weighted by Gasteiger charge is -2.19. The van der Waals surface area contributed by atoms with E-state index in [1.165, 1.54) is 17.3 Å². The molecule has 24 heavy (non-hydrogen) atoms. The highest BCUT2D eigenvalue weighted by molar-refractivity contribution is 7.99. The number of nitrogens with one attached hydrogen (secondary N) is 1. The molecule has 1 heterocycles. The normalized spacial score (nSPS) is 11.5. The van der Waals surface area contributed by atoms with Crippen molar-refractivity contribution in [3.05, 3.63) is 36.2 Å². The van der Waals surface area contributed by atoms with Crippen LogP contribution in [0.3, 0.4) is 0 Å². The van der Waals surface area contributed by atoms with E-state index in [1.54, 1.807) is 13.4 Å². The Labute approximate surface area is 147 Å². The fourth-order valence-electron chi connectivity index (χ4n) is 2.08. The first-order chi connectivity index (χ1) is 11.4. The van der Waals surface area contributed by atoms with Crippen LogP contribution in [0.4, 0.5) is 5.69 Å². The number of benzene rings is 1. The van der Waals surface area contributed by atoms with Crippen molar-refractivity contribution in [3.63, 3.8) is 0 Å². The number of hydrogen-bond donors (Lipinski definition) is 1. The smallest absolute Gasteiger partial charge is 0.234 e. The Morgan fingerprint density at radius 2 is 2.00 bits per heavy atom. The number of anilines is 1. The molecule has 0 atom stereocenters. The van der Waals surface area contributed by atoms with E-state index >= 15 is 0 Å². The summed E-state index contributed by atoms with van der Waals surface area (Å²) in [6, 6.07) is 7.96. The van der Waals surface area contributed by atoms with Crippen molar-refractivity contribution in [2.75, 3.05) is 24.8 Å². The fourth-order valence-corrected chi connectivity index (χ4v) is 2.82. The molecule has 7 heteroatoms. The van der Waals surface area contributed by atoms with Crippen molar-refractivity contribution in [1.29, 1.82) is 0 Å². The maximum absolute atomic E-state index is 12.1. The van der Waals surface area contributed by atoms with E-state index in [9.17, 15) is 4.79 Å². The van der Waals surface area contributed by atoms with Gasteiger partial charge in [-0.3, -0.25) is 4.79 Å². The number of methoxy groups -OCH3 is 1. The summed E-state index contributed by atoms with van der Waals surface area (Å²) in [6.07, 6.45) is 1.64. The van der Waals surface area contributed by atoms with E-state index < -0.39 is 0 Å². The maximum atomic E-state index is 12.1. The molecule has 0 spiro atoms. The molecule has 2 rings (SSSR count). The topological polar surface area (TPSA) is 69.0 Å². The molecule has 0 saturated carbocycles. The van der Waals surface area contributed by atoms with Gasteiger partial charge in [-0.1, -0.05) is 44.7 Å². The Balaban J connectivity index is 1.86. The number of ether oxygens (including phenoxy) is 1. The Kier molecular flexibility index (Phi) is 6.39. The van der Waals surface area contributed by atoms with Crippen LogP contribution in [-0.2, 0) is 21.5 Å². The van der Waals surface area contributed by atoms with Gasteiger partial charge in [-0.25, -0.2) is 0 Å². The summed E-state index contributed by atoms with van der Waals surface area (Å²) >= 11 is 1.36. The molecule has 0 saturated heterocycles. The van der Waals surface area contributed by atoms with Crippen LogP contribution in [0.5, 0.6) is 0 Å². The third-order valence-electron chi connectivity index (χ3n) is 3.48. The van der Waals surface area contributed by atoms with Crippen LogP contribution in [0, 0.1) is 0 Å². The first kappa shape index (κ1) is 18.5. The van der Waals surface area contributed by atoms with E-state index in [0.717, 1.165) is 5.69 Å². The predicted octanol–water partition coefficient (Wildman–Crippen LogP) is 2.95. The molecule has 1 aromatic carbocycles. The lowest BCUT2D eigenvalue weighted by molar-refractivity contribution is -0.113. The first-order valence-corrected chi connectivity index (χ1v) is 8.78. The molecule has 0 bridgehead atoms. The van der Waals surface area contributed by atoms with Crippen LogP contribution < -0.4 is 5.32 Å². The number of hydrogen-bond acceptors (Lipinski definition) is 5. The third kappa shape index (κ3) is 5.35. The minimum absolute atomic E-state index is 0.0650. The highest BCUT2D eigenvalue weighted by Crippen LogP contribution is 2.23. The Morgan fingerprint density at radius 3 is 2.62 bits per heavy atom. The summed E-state index contributed by atoms with van der Waals surface area (Å²) in [5.74, 6) is 0.219. The van der Waals surface area contributed by atoms with Gasteiger partial charge in [0.05, 0.1) is 12.4 Å². The van der Waals surface area contributed by atoms with Crippen molar-refractivity contribution >= 4 is 23.4 Å². The average Bonchev–Trinajstić information content (AvgIpc) is 2.98. The average molecular weight is 348 g/mol. The third-order valence-corrected chi connectivity index (χ3v) is 4.46. The highest BCUT2D eigenvalue weighted by Gasteiger charge is 2.13. The van der Waals surface area contributed by atoms with Crippen molar-refractivity contribution in [1.82, 2.24) is 14.8 Å². The molecular weight excluding hydrogens is 324 g/mol. The van der Waals surface area contributed by atoms with Gasteiger partial charge in [-0.05, 0) is 23.1 Å². The largest absolute Gasteiger partial charge is 0.383 e. The second-order valence-electron chi connectivity index (χ2n) is 6.46. The molecule has 0 aliphatic rings. The van der Waals surface area contributed by atoms with Gasteiger partial charge >= 0.3 is 0 Å².